The van der Waals surface area contributed by atoms with E-state index in [9.17, 15) is 15.0 Å². The maximum atomic E-state index is 12.6. The molecule has 3 heterocycles. The SMILES string of the molecule is CCC1CC(C)C2(NC1=O)O[C@@H](C[C@@H]1OC(O)CC[C@@H]1C)[C@H](C)[C@H](O)[C@@H]2C. The topological polar surface area (TPSA) is 88.0 Å². The number of aliphatic hydroxyl groups is 2. The number of amides is 1. The van der Waals surface area contributed by atoms with Gasteiger partial charge in [-0.05, 0) is 31.6 Å². The van der Waals surface area contributed by atoms with Gasteiger partial charge >= 0.3 is 0 Å². The summed E-state index contributed by atoms with van der Waals surface area (Å²) in [6, 6.07) is 0. The second kappa shape index (κ2) is 7.97. The highest BCUT2D eigenvalue weighted by atomic mass is 16.6. The van der Waals surface area contributed by atoms with Crippen molar-refractivity contribution in [3.8, 4) is 0 Å². The molecule has 1 spiro atoms. The summed E-state index contributed by atoms with van der Waals surface area (Å²) in [5.41, 5.74) is -0.837. The molecule has 1 amide bonds. The summed E-state index contributed by atoms with van der Waals surface area (Å²) in [6.45, 7) is 10.3. The molecule has 3 rings (SSSR count). The Balaban J connectivity index is 1.81. The summed E-state index contributed by atoms with van der Waals surface area (Å²) >= 11 is 0. The average molecular weight is 384 g/mol. The zero-order valence-electron chi connectivity index (χ0n) is 17.4. The smallest absolute Gasteiger partial charge is 0.225 e. The molecular formula is C21H37NO5. The lowest BCUT2D eigenvalue weighted by Gasteiger charge is -2.56. The molecular weight excluding hydrogens is 346 g/mol. The number of ether oxygens (including phenoxy) is 2. The molecule has 3 saturated heterocycles. The number of carbonyl (C=O) groups is 1. The monoisotopic (exact) mass is 383 g/mol. The summed E-state index contributed by atoms with van der Waals surface area (Å²) in [7, 11) is 0. The molecule has 0 aromatic carbocycles. The summed E-state index contributed by atoms with van der Waals surface area (Å²) in [5, 5.41) is 24.0. The van der Waals surface area contributed by atoms with Crippen LogP contribution in [0.5, 0.6) is 0 Å². The number of hydrogen-bond acceptors (Lipinski definition) is 5. The van der Waals surface area contributed by atoms with Crippen molar-refractivity contribution >= 4 is 5.91 Å². The molecule has 0 radical (unpaired) electrons. The van der Waals surface area contributed by atoms with Gasteiger partial charge in [0.1, 0.15) is 5.72 Å². The summed E-state index contributed by atoms with van der Waals surface area (Å²) in [4.78, 5) is 12.6. The van der Waals surface area contributed by atoms with Crippen molar-refractivity contribution in [3.63, 3.8) is 0 Å². The van der Waals surface area contributed by atoms with E-state index in [0.717, 1.165) is 19.3 Å². The quantitative estimate of drug-likeness (QED) is 0.697. The van der Waals surface area contributed by atoms with Gasteiger partial charge < -0.3 is 25.0 Å². The highest BCUT2D eigenvalue weighted by Gasteiger charge is 2.57. The molecule has 27 heavy (non-hydrogen) atoms. The first-order valence-corrected chi connectivity index (χ1v) is 10.7. The normalized spacial score (nSPS) is 51.2. The maximum Gasteiger partial charge on any atom is 0.225 e. The van der Waals surface area contributed by atoms with Crippen LogP contribution in [0, 0.1) is 29.6 Å². The molecule has 3 aliphatic heterocycles. The van der Waals surface area contributed by atoms with E-state index >= 15 is 0 Å². The van der Waals surface area contributed by atoms with Crippen LogP contribution in [-0.2, 0) is 14.3 Å². The fourth-order valence-electron chi connectivity index (χ4n) is 5.36. The molecule has 3 aliphatic rings. The van der Waals surface area contributed by atoms with Crippen LogP contribution in [0.1, 0.15) is 66.7 Å². The van der Waals surface area contributed by atoms with E-state index in [0.29, 0.717) is 18.8 Å². The molecule has 0 saturated carbocycles. The third kappa shape index (κ3) is 3.78. The molecule has 6 heteroatoms. The Morgan fingerprint density at radius 2 is 1.85 bits per heavy atom. The Morgan fingerprint density at radius 3 is 2.52 bits per heavy atom. The molecule has 0 aliphatic carbocycles. The standard InChI is InChI=1S/C21H37NO5/c1-6-15-9-12(3)21(22-20(15)25)14(5)19(24)13(4)17(27-21)10-16-11(2)7-8-18(23)26-16/h11-19,23-24H,6-10H2,1-5H3,(H,22,25)/t11-,12?,13-,14-,15?,16-,17-,18?,19-,21?/m0/s1. The molecule has 10 atom stereocenters. The van der Waals surface area contributed by atoms with Crippen molar-refractivity contribution in [2.24, 2.45) is 29.6 Å². The largest absolute Gasteiger partial charge is 0.392 e. The van der Waals surface area contributed by atoms with Gasteiger partial charge in [0.25, 0.3) is 0 Å². The number of rotatable bonds is 3. The lowest BCUT2D eigenvalue weighted by atomic mass is 9.69. The molecule has 4 unspecified atom stereocenters. The predicted molar refractivity (Wildman–Crippen MR) is 102 cm³/mol. The van der Waals surface area contributed by atoms with E-state index in [2.05, 4.69) is 19.2 Å². The lowest BCUT2D eigenvalue weighted by Crippen LogP contribution is -2.71. The molecule has 0 aromatic rings. The van der Waals surface area contributed by atoms with E-state index in [1.807, 2.05) is 20.8 Å². The molecule has 3 fully saturated rings. The van der Waals surface area contributed by atoms with Crippen LogP contribution in [0.3, 0.4) is 0 Å². The fraction of sp³-hybridized carbons (Fsp3) is 0.952. The Bertz CT molecular complexity index is 543. The van der Waals surface area contributed by atoms with Gasteiger partial charge in [-0.25, -0.2) is 0 Å². The van der Waals surface area contributed by atoms with Gasteiger partial charge in [-0.3, -0.25) is 4.79 Å². The minimum absolute atomic E-state index is 0.00761. The van der Waals surface area contributed by atoms with Crippen molar-refractivity contribution in [1.82, 2.24) is 5.32 Å². The van der Waals surface area contributed by atoms with Crippen LogP contribution in [0.25, 0.3) is 0 Å². The number of nitrogens with one attached hydrogen (secondary N) is 1. The zero-order valence-corrected chi connectivity index (χ0v) is 17.4. The van der Waals surface area contributed by atoms with Crippen LogP contribution in [0.2, 0.25) is 0 Å². The molecule has 0 bridgehead atoms. The van der Waals surface area contributed by atoms with Gasteiger partial charge in [0.2, 0.25) is 5.91 Å². The number of carbonyl (C=O) groups excluding carboxylic acids is 1. The minimum atomic E-state index is -0.837. The number of piperidine rings is 1. The van der Waals surface area contributed by atoms with Crippen molar-refractivity contribution in [3.05, 3.63) is 0 Å². The van der Waals surface area contributed by atoms with Crippen molar-refractivity contribution < 1.29 is 24.5 Å². The number of hydrogen-bond donors (Lipinski definition) is 3. The van der Waals surface area contributed by atoms with Crippen LogP contribution in [0.15, 0.2) is 0 Å². The van der Waals surface area contributed by atoms with E-state index in [4.69, 9.17) is 9.47 Å². The maximum absolute atomic E-state index is 12.6. The van der Waals surface area contributed by atoms with E-state index in [1.54, 1.807) is 0 Å². The molecule has 6 nitrogen and oxygen atoms in total. The highest BCUT2D eigenvalue weighted by molar-refractivity contribution is 5.80. The minimum Gasteiger partial charge on any atom is -0.392 e. The van der Waals surface area contributed by atoms with E-state index < -0.39 is 18.1 Å². The Labute approximate surface area is 163 Å². The van der Waals surface area contributed by atoms with E-state index in [-0.39, 0.29) is 41.8 Å². The number of aliphatic hydroxyl groups excluding tert-OH is 2. The van der Waals surface area contributed by atoms with Crippen molar-refractivity contribution in [2.45, 2.75) is 97.0 Å². The summed E-state index contributed by atoms with van der Waals surface area (Å²) in [6.07, 6.45) is 2.17. The molecule has 0 aromatic heterocycles. The van der Waals surface area contributed by atoms with Gasteiger partial charge in [0, 0.05) is 30.1 Å². The molecule has 156 valence electrons. The first-order valence-electron chi connectivity index (χ1n) is 10.7. The summed E-state index contributed by atoms with van der Waals surface area (Å²) in [5.74, 6) is 0.243. The molecule has 3 N–H and O–H groups in total. The van der Waals surface area contributed by atoms with Crippen LogP contribution in [-0.4, -0.2) is 46.4 Å². The predicted octanol–water partition coefficient (Wildman–Crippen LogP) is 2.42. The Kier molecular flexibility index (Phi) is 6.21. The second-order valence-corrected chi connectivity index (χ2v) is 9.24. The third-order valence-electron chi connectivity index (χ3n) is 7.51. The van der Waals surface area contributed by atoms with E-state index in [1.165, 1.54) is 0 Å². The Morgan fingerprint density at radius 1 is 1.15 bits per heavy atom. The third-order valence-corrected chi connectivity index (χ3v) is 7.51. The second-order valence-electron chi connectivity index (χ2n) is 9.24. The van der Waals surface area contributed by atoms with Crippen LogP contribution in [0.4, 0.5) is 0 Å². The summed E-state index contributed by atoms with van der Waals surface area (Å²) < 4.78 is 12.4. The highest BCUT2D eigenvalue weighted by Crippen LogP contribution is 2.46. The zero-order chi connectivity index (χ0) is 19.9. The average Bonchev–Trinajstić information content (AvgIpc) is 2.63. The van der Waals surface area contributed by atoms with Gasteiger partial charge in [-0.2, -0.15) is 0 Å². The van der Waals surface area contributed by atoms with Crippen molar-refractivity contribution in [2.75, 3.05) is 0 Å². The first kappa shape index (κ1) is 21.0. The van der Waals surface area contributed by atoms with Crippen molar-refractivity contribution in [1.29, 1.82) is 0 Å². The fourth-order valence-corrected chi connectivity index (χ4v) is 5.36. The van der Waals surface area contributed by atoms with Gasteiger partial charge in [-0.1, -0.05) is 34.6 Å². The van der Waals surface area contributed by atoms with Crippen LogP contribution < -0.4 is 5.32 Å². The van der Waals surface area contributed by atoms with Gasteiger partial charge in [0.15, 0.2) is 6.29 Å². The van der Waals surface area contributed by atoms with Gasteiger partial charge in [0.05, 0.1) is 18.3 Å². The lowest BCUT2D eigenvalue weighted by molar-refractivity contribution is -0.274. The Hall–Kier alpha value is -0.690. The van der Waals surface area contributed by atoms with Gasteiger partial charge in [-0.15, -0.1) is 0 Å². The van der Waals surface area contributed by atoms with Crippen LogP contribution >= 0.6 is 0 Å². The first-order chi connectivity index (χ1) is 12.7.